The van der Waals surface area contributed by atoms with Crippen molar-refractivity contribution in [2.75, 3.05) is 37.8 Å². The van der Waals surface area contributed by atoms with Crippen molar-refractivity contribution in [2.24, 2.45) is 0 Å². The number of rotatable bonds is 8. The smallest absolute Gasteiger partial charge is 0.224 e. The number of anilines is 2. The predicted octanol–water partition coefficient (Wildman–Crippen LogP) is 3.05. The average Bonchev–Trinajstić information content (AvgIpc) is 3.16. The molecule has 30 heavy (non-hydrogen) atoms. The average molecular weight is 424 g/mol. The molecule has 4 aromatic rings. The van der Waals surface area contributed by atoms with E-state index in [1.165, 1.54) is 0 Å². The third-order valence-corrected chi connectivity index (χ3v) is 4.64. The Kier molecular flexibility index (Phi) is 6.01. The van der Waals surface area contributed by atoms with Gasteiger partial charge in [-0.3, -0.25) is 5.10 Å². The maximum atomic E-state index is 6.04. The fourth-order valence-corrected chi connectivity index (χ4v) is 3.10. The Balaban J connectivity index is 1.50. The quantitative estimate of drug-likeness (QED) is 0.397. The van der Waals surface area contributed by atoms with Crippen LogP contribution in [0.4, 0.5) is 11.9 Å². The lowest BCUT2D eigenvalue weighted by molar-refractivity contribution is 0.425. The fourth-order valence-electron chi connectivity index (χ4n) is 2.89. The number of nitrogens with zero attached hydrogens (tertiary/aromatic N) is 6. The Bertz CT molecular complexity index is 1140. The predicted molar refractivity (Wildman–Crippen MR) is 119 cm³/mol. The van der Waals surface area contributed by atoms with Crippen LogP contribution in [-0.4, -0.2) is 62.2 Å². The molecule has 9 nitrogen and oxygen atoms in total. The second-order valence-electron chi connectivity index (χ2n) is 7.01. The van der Waals surface area contributed by atoms with E-state index >= 15 is 0 Å². The van der Waals surface area contributed by atoms with E-state index in [0.29, 0.717) is 34.8 Å². The number of aromatic nitrogens is 6. The molecule has 3 N–H and O–H groups in total. The highest BCUT2D eigenvalue weighted by molar-refractivity contribution is 6.30. The molecule has 1 aromatic carbocycles. The van der Waals surface area contributed by atoms with Gasteiger partial charge in [-0.15, -0.1) is 0 Å². The number of aromatic amines is 1. The lowest BCUT2D eigenvalue weighted by Gasteiger charge is -2.09. The fraction of sp³-hybridized carbons (Fsp3) is 0.250. The zero-order valence-corrected chi connectivity index (χ0v) is 17.5. The van der Waals surface area contributed by atoms with Crippen LogP contribution in [0.3, 0.4) is 0 Å². The van der Waals surface area contributed by atoms with Crippen LogP contribution in [0, 0.1) is 0 Å². The third-order valence-electron chi connectivity index (χ3n) is 4.41. The summed E-state index contributed by atoms with van der Waals surface area (Å²) < 4.78 is 0. The van der Waals surface area contributed by atoms with Crippen LogP contribution in [0.2, 0.25) is 5.02 Å². The summed E-state index contributed by atoms with van der Waals surface area (Å²) in [6.07, 6.45) is 3.45. The number of benzene rings is 1. The van der Waals surface area contributed by atoms with Crippen molar-refractivity contribution in [1.82, 2.24) is 35.0 Å². The Labute approximate surface area is 178 Å². The maximum Gasteiger partial charge on any atom is 0.224 e. The molecule has 0 atom stereocenters. The van der Waals surface area contributed by atoms with Gasteiger partial charge in [-0.2, -0.15) is 10.1 Å². The van der Waals surface area contributed by atoms with Crippen molar-refractivity contribution < 1.29 is 0 Å². The molecular formula is C20H22ClN9. The van der Waals surface area contributed by atoms with Crippen LogP contribution < -0.4 is 10.6 Å². The van der Waals surface area contributed by atoms with E-state index in [0.717, 1.165) is 29.7 Å². The highest BCUT2D eigenvalue weighted by Gasteiger charge is 2.12. The Morgan fingerprint density at radius 3 is 2.77 bits per heavy atom. The van der Waals surface area contributed by atoms with E-state index in [4.69, 9.17) is 11.6 Å². The Morgan fingerprint density at radius 1 is 1.07 bits per heavy atom. The van der Waals surface area contributed by atoms with Crippen molar-refractivity contribution in [2.45, 2.75) is 6.54 Å². The molecule has 0 bridgehead atoms. The zero-order chi connectivity index (χ0) is 20.9. The molecule has 0 saturated carbocycles. The largest absolute Gasteiger partial charge is 0.353 e. The van der Waals surface area contributed by atoms with Crippen LogP contribution in [0.5, 0.6) is 0 Å². The first-order valence-electron chi connectivity index (χ1n) is 9.50. The first-order valence-corrected chi connectivity index (χ1v) is 9.88. The molecule has 0 radical (unpaired) electrons. The molecule has 0 unspecified atom stereocenters. The minimum Gasteiger partial charge on any atom is -0.353 e. The van der Waals surface area contributed by atoms with Crippen molar-refractivity contribution in [3.63, 3.8) is 0 Å². The number of likely N-dealkylation sites (N-methyl/N-ethyl adjacent to an activating group) is 1. The summed E-state index contributed by atoms with van der Waals surface area (Å²) in [5.41, 5.74) is 3.08. The van der Waals surface area contributed by atoms with Gasteiger partial charge < -0.3 is 15.5 Å². The van der Waals surface area contributed by atoms with Gasteiger partial charge in [-0.05, 0) is 37.9 Å². The van der Waals surface area contributed by atoms with Gasteiger partial charge in [0.15, 0.2) is 5.65 Å². The molecule has 10 heteroatoms. The van der Waals surface area contributed by atoms with Gasteiger partial charge >= 0.3 is 0 Å². The second kappa shape index (κ2) is 9.02. The zero-order valence-electron chi connectivity index (χ0n) is 16.7. The minimum atomic E-state index is 0.512. The summed E-state index contributed by atoms with van der Waals surface area (Å²) in [6, 6.07) is 9.48. The lowest BCUT2D eigenvalue weighted by Crippen LogP contribution is -2.21. The normalized spacial score (nSPS) is 11.2. The van der Waals surface area contributed by atoms with Gasteiger partial charge in [0.1, 0.15) is 0 Å². The van der Waals surface area contributed by atoms with Gasteiger partial charge in [0, 0.05) is 37.1 Å². The summed E-state index contributed by atoms with van der Waals surface area (Å²) in [4.78, 5) is 19.8. The summed E-state index contributed by atoms with van der Waals surface area (Å²) in [7, 11) is 4.04. The van der Waals surface area contributed by atoms with Crippen LogP contribution in [-0.2, 0) is 6.54 Å². The minimum absolute atomic E-state index is 0.512. The molecule has 0 aliphatic carbocycles. The number of hydrogen-bond donors (Lipinski definition) is 3. The van der Waals surface area contributed by atoms with Crippen LogP contribution >= 0.6 is 11.6 Å². The van der Waals surface area contributed by atoms with E-state index in [1.54, 1.807) is 12.4 Å². The van der Waals surface area contributed by atoms with E-state index in [1.807, 2.05) is 44.4 Å². The van der Waals surface area contributed by atoms with Gasteiger partial charge in [-0.25, -0.2) is 15.0 Å². The molecule has 0 spiro atoms. The second-order valence-corrected chi connectivity index (χ2v) is 7.44. The summed E-state index contributed by atoms with van der Waals surface area (Å²) in [5.74, 6) is 1.06. The van der Waals surface area contributed by atoms with Gasteiger partial charge in [0.25, 0.3) is 0 Å². The van der Waals surface area contributed by atoms with E-state index in [-0.39, 0.29) is 0 Å². The van der Waals surface area contributed by atoms with E-state index < -0.39 is 0 Å². The highest BCUT2D eigenvalue weighted by Crippen LogP contribution is 2.24. The Morgan fingerprint density at radius 2 is 1.93 bits per heavy atom. The number of nitrogens with one attached hydrogen (secondary N) is 3. The molecule has 0 aliphatic rings. The number of fused-ring (bicyclic) bond motifs is 1. The molecule has 3 aromatic heterocycles. The van der Waals surface area contributed by atoms with Gasteiger partial charge in [-0.1, -0.05) is 23.7 Å². The van der Waals surface area contributed by atoms with Crippen LogP contribution in [0.25, 0.3) is 22.4 Å². The van der Waals surface area contributed by atoms with E-state index in [9.17, 15) is 0 Å². The van der Waals surface area contributed by atoms with Crippen molar-refractivity contribution >= 4 is 34.5 Å². The number of hydrogen-bond acceptors (Lipinski definition) is 8. The van der Waals surface area contributed by atoms with E-state index in [2.05, 4.69) is 45.7 Å². The van der Waals surface area contributed by atoms with Crippen LogP contribution in [0.15, 0.2) is 42.7 Å². The molecule has 0 fully saturated rings. The third kappa shape index (κ3) is 4.81. The summed E-state index contributed by atoms with van der Waals surface area (Å²) in [6.45, 7) is 2.21. The standard InChI is InChI=1S/C20H22ClN9/c1-30(2)9-8-23-20-25-12-15-17(28-29-18(15)27-20)16-6-7-22-19(26-16)24-11-13-4-3-5-14(21)10-13/h3-7,10,12H,8-9,11H2,1-2H3,(H,22,24,26)(H2,23,25,27,28,29). The number of H-pyrrole nitrogens is 1. The first-order chi connectivity index (χ1) is 14.6. The monoisotopic (exact) mass is 423 g/mol. The molecule has 4 rings (SSSR count). The van der Waals surface area contributed by atoms with Crippen LogP contribution in [0.1, 0.15) is 5.56 Å². The topological polar surface area (TPSA) is 108 Å². The summed E-state index contributed by atoms with van der Waals surface area (Å²) >= 11 is 6.04. The molecule has 3 heterocycles. The van der Waals surface area contributed by atoms with Crippen molar-refractivity contribution in [1.29, 1.82) is 0 Å². The SMILES string of the molecule is CN(C)CCNc1ncc2c(-c3ccnc(NCc4cccc(Cl)c4)n3)[nH]nc2n1. The lowest BCUT2D eigenvalue weighted by atomic mass is 10.2. The molecule has 0 amide bonds. The Hall–Kier alpha value is -3.30. The molecule has 0 aliphatic heterocycles. The summed E-state index contributed by atoms with van der Waals surface area (Å²) in [5, 5.41) is 15.2. The van der Waals surface area contributed by atoms with Gasteiger partial charge in [0.2, 0.25) is 11.9 Å². The van der Waals surface area contributed by atoms with Gasteiger partial charge in [0.05, 0.1) is 16.8 Å². The molecule has 154 valence electrons. The maximum absolute atomic E-state index is 6.04. The first kappa shape index (κ1) is 20.0. The van der Waals surface area contributed by atoms with Crippen molar-refractivity contribution in [3.05, 3.63) is 53.3 Å². The number of halogens is 1. The molecule has 0 saturated heterocycles. The van der Waals surface area contributed by atoms with Crippen molar-refractivity contribution in [3.8, 4) is 11.4 Å². The highest BCUT2D eigenvalue weighted by atomic mass is 35.5. The molecular weight excluding hydrogens is 402 g/mol.